The fraction of sp³-hybridized carbons (Fsp3) is 0.238. The Morgan fingerprint density at radius 2 is 1.71 bits per heavy atom. The van der Waals surface area contributed by atoms with Crippen molar-refractivity contribution in [2.24, 2.45) is 4.99 Å². The van der Waals surface area contributed by atoms with E-state index in [2.05, 4.69) is 32.9 Å². The van der Waals surface area contributed by atoms with Crippen LogP contribution in [0.1, 0.15) is 16.7 Å². The molecule has 0 saturated carbocycles. The molecule has 0 radical (unpaired) electrons. The molecule has 0 aliphatic heterocycles. The molecule has 1 heterocycles. The number of nitrogens with one attached hydrogen (secondary N) is 2. The number of hydrogen-bond acceptors (Lipinski definition) is 2. The van der Waals surface area contributed by atoms with Crippen LogP contribution in [0.5, 0.6) is 0 Å². The Morgan fingerprint density at radius 1 is 1.00 bits per heavy atom. The Morgan fingerprint density at radius 3 is 2.39 bits per heavy atom. The second-order valence-electron chi connectivity index (χ2n) is 6.17. The SMILES string of the molecule is CN=C(NCCc1ccccc1F)NCc1ccccc1Cn1cccn1.I. The van der Waals surface area contributed by atoms with Crippen molar-refractivity contribution in [2.75, 3.05) is 13.6 Å². The summed E-state index contributed by atoms with van der Waals surface area (Å²) in [4.78, 5) is 4.25. The van der Waals surface area contributed by atoms with Crippen molar-refractivity contribution < 1.29 is 4.39 Å². The Hall–Kier alpha value is -2.42. The van der Waals surface area contributed by atoms with E-state index in [1.807, 2.05) is 35.1 Å². The van der Waals surface area contributed by atoms with Gasteiger partial charge in [-0.3, -0.25) is 9.67 Å². The minimum atomic E-state index is -0.171. The summed E-state index contributed by atoms with van der Waals surface area (Å²) < 4.78 is 15.6. The highest BCUT2D eigenvalue weighted by Gasteiger charge is 2.05. The maximum Gasteiger partial charge on any atom is 0.191 e. The summed E-state index contributed by atoms with van der Waals surface area (Å²) in [6, 6.07) is 17.0. The van der Waals surface area contributed by atoms with Gasteiger partial charge in [0.1, 0.15) is 5.82 Å². The molecule has 0 spiro atoms. The minimum absolute atomic E-state index is 0. The fourth-order valence-electron chi connectivity index (χ4n) is 2.87. The molecule has 0 saturated heterocycles. The van der Waals surface area contributed by atoms with E-state index in [0.29, 0.717) is 31.0 Å². The molecule has 1 aromatic heterocycles. The number of nitrogens with zero attached hydrogens (tertiary/aromatic N) is 3. The van der Waals surface area contributed by atoms with Crippen molar-refractivity contribution in [2.45, 2.75) is 19.5 Å². The molecule has 148 valence electrons. The summed E-state index contributed by atoms with van der Waals surface area (Å²) in [5, 5.41) is 10.8. The number of aliphatic imine (C=N–C) groups is 1. The van der Waals surface area contributed by atoms with Gasteiger partial charge < -0.3 is 10.6 Å². The second-order valence-corrected chi connectivity index (χ2v) is 6.17. The first-order valence-electron chi connectivity index (χ1n) is 8.98. The van der Waals surface area contributed by atoms with Gasteiger partial charge in [0.15, 0.2) is 5.96 Å². The molecular weight excluding hydrogens is 468 g/mol. The number of halogens is 2. The van der Waals surface area contributed by atoms with E-state index >= 15 is 0 Å². The van der Waals surface area contributed by atoms with Gasteiger partial charge in [-0.1, -0.05) is 42.5 Å². The highest BCUT2D eigenvalue weighted by molar-refractivity contribution is 14.0. The third kappa shape index (κ3) is 6.33. The standard InChI is InChI=1S/C21H24FN5.HI/c1-23-21(24-13-11-17-7-4-5-10-20(17)22)25-15-18-8-2-3-9-19(18)16-27-14-6-12-26-27;/h2-10,12,14H,11,13,15-16H2,1H3,(H2,23,24,25);1H. The largest absolute Gasteiger partial charge is 0.356 e. The third-order valence-corrected chi connectivity index (χ3v) is 4.32. The Bertz CT molecular complexity index is 880. The third-order valence-electron chi connectivity index (χ3n) is 4.32. The topological polar surface area (TPSA) is 54.2 Å². The molecular formula is C21H25FIN5. The first kappa shape index (κ1) is 21.9. The molecule has 2 aromatic carbocycles. The summed E-state index contributed by atoms with van der Waals surface area (Å²) in [6.45, 7) is 1.98. The summed E-state index contributed by atoms with van der Waals surface area (Å²) >= 11 is 0. The summed E-state index contributed by atoms with van der Waals surface area (Å²) in [7, 11) is 1.73. The molecule has 3 aromatic rings. The first-order valence-corrected chi connectivity index (χ1v) is 8.98. The lowest BCUT2D eigenvalue weighted by atomic mass is 10.1. The zero-order valence-electron chi connectivity index (χ0n) is 15.8. The van der Waals surface area contributed by atoms with Crippen LogP contribution in [0.2, 0.25) is 0 Å². The quantitative estimate of drug-likeness (QED) is 0.301. The van der Waals surface area contributed by atoms with E-state index in [0.717, 1.165) is 6.54 Å². The minimum Gasteiger partial charge on any atom is -0.356 e. The summed E-state index contributed by atoms with van der Waals surface area (Å²) in [5.74, 6) is 0.523. The van der Waals surface area contributed by atoms with Crippen LogP contribution in [0, 0.1) is 5.82 Å². The lowest BCUT2D eigenvalue weighted by Gasteiger charge is -2.14. The number of hydrogen-bond donors (Lipinski definition) is 2. The van der Waals surface area contributed by atoms with E-state index in [1.54, 1.807) is 25.4 Å². The van der Waals surface area contributed by atoms with Crippen LogP contribution >= 0.6 is 24.0 Å². The second kappa shape index (κ2) is 11.4. The van der Waals surface area contributed by atoms with E-state index < -0.39 is 0 Å². The van der Waals surface area contributed by atoms with Gasteiger partial charge in [0.2, 0.25) is 0 Å². The lowest BCUT2D eigenvalue weighted by Crippen LogP contribution is -2.38. The van der Waals surface area contributed by atoms with Crippen molar-refractivity contribution in [1.82, 2.24) is 20.4 Å². The highest BCUT2D eigenvalue weighted by atomic mass is 127. The molecule has 0 aliphatic carbocycles. The van der Waals surface area contributed by atoms with E-state index in [1.165, 1.54) is 17.2 Å². The molecule has 0 unspecified atom stereocenters. The number of benzene rings is 2. The van der Waals surface area contributed by atoms with Crippen LogP contribution in [0.25, 0.3) is 0 Å². The number of guanidine groups is 1. The smallest absolute Gasteiger partial charge is 0.191 e. The average Bonchev–Trinajstić information content (AvgIpc) is 3.20. The average molecular weight is 493 g/mol. The van der Waals surface area contributed by atoms with Crippen LogP contribution < -0.4 is 10.6 Å². The Kier molecular flexibility index (Phi) is 8.93. The zero-order chi connectivity index (χ0) is 18.9. The van der Waals surface area contributed by atoms with Crippen molar-refractivity contribution in [3.05, 3.63) is 89.5 Å². The van der Waals surface area contributed by atoms with E-state index in [4.69, 9.17) is 0 Å². The molecule has 7 heteroatoms. The fourth-order valence-corrected chi connectivity index (χ4v) is 2.87. The molecule has 0 bridgehead atoms. The highest BCUT2D eigenvalue weighted by Crippen LogP contribution is 2.10. The van der Waals surface area contributed by atoms with Gasteiger partial charge in [0.05, 0.1) is 6.54 Å². The van der Waals surface area contributed by atoms with Crippen LogP contribution in [0.4, 0.5) is 4.39 Å². The predicted octanol–water partition coefficient (Wildman–Crippen LogP) is 3.60. The molecule has 3 rings (SSSR count). The Balaban J connectivity index is 0.00000280. The molecule has 5 nitrogen and oxygen atoms in total. The van der Waals surface area contributed by atoms with E-state index in [9.17, 15) is 4.39 Å². The van der Waals surface area contributed by atoms with Gasteiger partial charge in [-0.2, -0.15) is 5.10 Å². The maximum atomic E-state index is 13.7. The van der Waals surface area contributed by atoms with Crippen LogP contribution in [0.3, 0.4) is 0 Å². The summed E-state index contributed by atoms with van der Waals surface area (Å²) in [6.07, 6.45) is 4.33. The zero-order valence-corrected chi connectivity index (χ0v) is 18.1. The van der Waals surface area contributed by atoms with Gasteiger partial charge in [-0.15, -0.1) is 24.0 Å². The number of aromatic nitrogens is 2. The van der Waals surface area contributed by atoms with Crippen LogP contribution in [0.15, 0.2) is 72.0 Å². The monoisotopic (exact) mass is 493 g/mol. The van der Waals surface area contributed by atoms with Crippen molar-refractivity contribution >= 4 is 29.9 Å². The van der Waals surface area contributed by atoms with Crippen molar-refractivity contribution in [3.8, 4) is 0 Å². The van der Waals surface area contributed by atoms with Crippen LogP contribution in [-0.2, 0) is 19.5 Å². The lowest BCUT2D eigenvalue weighted by molar-refractivity contribution is 0.606. The van der Waals surface area contributed by atoms with Gasteiger partial charge in [-0.05, 0) is 35.2 Å². The van der Waals surface area contributed by atoms with Gasteiger partial charge in [0.25, 0.3) is 0 Å². The summed E-state index contributed by atoms with van der Waals surface area (Å²) in [5.41, 5.74) is 3.09. The van der Waals surface area contributed by atoms with Crippen LogP contribution in [-0.4, -0.2) is 29.3 Å². The van der Waals surface area contributed by atoms with Gasteiger partial charge in [-0.25, -0.2) is 4.39 Å². The maximum absolute atomic E-state index is 13.7. The van der Waals surface area contributed by atoms with Gasteiger partial charge in [0, 0.05) is 32.5 Å². The molecule has 0 fully saturated rings. The normalized spacial score (nSPS) is 11.0. The number of rotatable bonds is 7. The van der Waals surface area contributed by atoms with Crippen molar-refractivity contribution in [3.63, 3.8) is 0 Å². The molecule has 0 atom stereocenters. The Labute approximate surface area is 182 Å². The van der Waals surface area contributed by atoms with Gasteiger partial charge >= 0.3 is 0 Å². The van der Waals surface area contributed by atoms with Crippen molar-refractivity contribution in [1.29, 1.82) is 0 Å². The molecule has 2 N–H and O–H groups in total. The molecule has 0 amide bonds. The van der Waals surface area contributed by atoms with E-state index in [-0.39, 0.29) is 29.8 Å². The first-order chi connectivity index (χ1) is 13.3. The molecule has 0 aliphatic rings. The predicted molar refractivity (Wildman–Crippen MR) is 121 cm³/mol. The molecule has 28 heavy (non-hydrogen) atoms.